The molecule has 0 saturated heterocycles. The summed E-state index contributed by atoms with van der Waals surface area (Å²) >= 11 is 5.19. The standard InChI is InChI=1S/C13H20N2OS/c1-4-11(8-16)14-13(17)15-12-6-5-9(2)10(3)7-12/h5-7,11,16H,4,8H2,1-3H3,(H2,14,15,17)/t11-/m1/s1. The van der Waals surface area contributed by atoms with E-state index in [1.807, 2.05) is 13.0 Å². The molecule has 0 spiro atoms. The lowest BCUT2D eigenvalue weighted by molar-refractivity contribution is 0.253. The van der Waals surface area contributed by atoms with Crippen LogP contribution in [0.5, 0.6) is 0 Å². The molecule has 0 unspecified atom stereocenters. The van der Waals surface area contributed by atoms with Gasteiger partial charge >= 0.3 is 0 Å². The zero-order valence-electron chi connectivity index (χ0n) is 10.6. The Balaban J connectivity index is 2.58. The maximum atomic E-state index is 9.07. The Morgan fingerprint density at radius 3 is 2.59 bits per heavy atom. The molecule has 1 aromatic rings. The van der Waals surface area contributed by atoms with E-state index < -0.39 is 0 Å². The summed E-state index contributed by atoms with van der Waals surface area (Å²) in [4.78, 5) is 0. The number of hydrogen-bond donors (Lipinski definition) is 3. The van der Waals surface area contributed by atoms with Crippen LogP contribution < -0.4 is 10.6 Å². The van der Waals surface area contributed by atoms with Crippen molar-refractivity contribution < 1.29 is 5.11 Å². The summed E-state index contributed by atoms with van der Waals surface area (Å²) in [6, 6.07) is 6.13. The zero-order valence-corrected chi connectivity index (χ0v) is 11.4. The molecule has 94 valence electrons. The maximum Gasteiger partial charge on any atom is 0.171 e. The smallest absolute Gasteiger partial charge is 0.171 e. The van der Waals surface area contributed by atoms with Crippen LogP contribution in [0.4, 0.5) is 5.69 Å². The highest BCUT2D eigenvalue weighted by atomic mass is 32.1. The largest absolute Gasteiger partial charge is 0.394 e. The normalized spacial score (nSPS) is 12.0. The van der Waals surface area contributed by atoms with Gasteiger partial charge in [0.15, 0.2) is 5.11 Å². The lowest BCUT2D eigenvalue weighted by Crippen LogP contribution is -2.39. The van der Waals surface area contributed by atoms with E-state index in [1.165, 1.54) is 11.1 Å². The van der Waals surface area contributed by atoms with Gasteiger partial charge in [-0.3, -0.25) is 0 Å². The van der Waals surface area contributed by atoms with Crippen LogP contribution in [-0.2, 0) is 0 Å². The summed E-state index contributed by atoms with van der Waals surface area (Å²) in [5.74, 6) is 0. The van der Waals surface area contributed by atoms with Gasteiger partial charge in [0.25, 0.3) is 0 Å². The van der Waals surface area contributed by atoms with Gasteiger partial charge in [0.05, 0.1) is 12.6 Å². The molecule has 1 rings (SSSR count). The second-order valence-corrected chi connectivity index (χ2v) is 4.59. The third kappa shape index (κ3) is 4.32. The molecule has 0 aromatic heterocycles. The monoisotopic (exact) mass is 252 g/mol. The van der Waals surface area contributed by atoms with Crippen LogP contribution in [0, 0.1) is 13.8 Å². The van der Waals surface area contributed by atoms with E-state index in [2.05, 4.69) is 36.6 Å². The summed E-state index contributed by atoms with van der Waals surface area (Å²) in [5, 5.41) is 15.8. The van der Waals surface area contributed by atoms with E-state index >= 15 is 0 Å². The number of thiocarbonyl (C=S) groups is 1. The zero-order chi connectivity index (χ0) is 12.8. The molecular weight excluding hydrogens is 232 g/mol. The molecular formula is C13H20N2OS. The lowest BCUT2D eigenvalue weighted by atomic mass is 10.1. The second kappa shape index (κ2) is 6.57. The molecule has 17 heavy (non-hydrogen) atoms. The molecule has 0 fully saturated rings. The summed E-state index contributed by atoms with van der Waals surface area (Å²) in [6.45, 7) is 6.24. The number of aliphatic hydroxyl groups is 1. The van der Waals surface area contributed by atoms with Crippen molar-refractivity contribution in [3.63, 3.8) is 0 Å². The molecule has 0 aliphatic heterocycles. The minimum absolute atomic E-state index is 0.0153. The molecule has 0 radical (unpaired) electrons. The van der Waals surface area contributed by atoms with Crippen LogP contribution in [0.3, 0.4) is 0 Å². The summed E-state index contributed by atoms with van der Waals surface area (Å²) in [7, 11) is 0. The highest BCUT2D eigenvalue weighted by Crippen LogP contribution is 2.13. The van der Waals surface area contributed by atoms with Crippen molar-refractivity contribution in [3.05, 3.63) is 29.3 Å². The molecule has 0 bridgehead atoms. The summed E-state index contributed by atoms with van der Waals surface area (Å²) in [5.41, 5.74) is 3.46. The molecule has 1 aromatic carbocycles. The third-order valence-corrected chi connectivity index (χ3v) is 3.03. The quantitative estimate of drug-likeness (QED) is 0.720. The van der Waals surface area contributed by atoms with Crippen LogP contribution >= 0.6 is 12.2 Å². The molecule has 0 saturated carbocycles. The Hall–Kier alpha value is -1.13. The molecule has 0 amide bonds. The second-order valence-electron chi connectivity index (χ2n) is 4.19. The Bertz CT molecular complexity index is 389. The van der Waals surface area contributed by atoms with Gasteiger partial charge < -0.3 is 15.7 Å². The van der Waals surface area contributed by atoms with Gasteiger partial charge in [-0.15, -0.1) is 0 Å². The van der Waals surface area contributed by atoms with Gasteiger partial charge in [0.2, 0.25) is 0 Å². The van der Waals surface area contributed by atoms with Crippen LogP contribution in [0.1, 0.15) is 24.5 Å². The predicted octanol–water partition coefficient (Wildman–Crippen LogP) is 2.36. The molecule has 3 nitrogen and oxygen atoms in total. The van der Waals surface area contributed by atoms with Gasteiger partial charge in [0.1, 0.15) is 0 Å². The number of benzene rings is 1. The number of hydrogen-bond acceptors (Lipinski definition) is 2. The van der Waals surface area contributed by atoms with Crippen molar-refractivity contribution in [1.29, 1.82) is 0 Å². The molecule has 0 heterocycles. The van der Waals surface area contributed by atoms with Crippen LogP contribution in [0.15, 0.2) is 18.2 Å². The first kappa shape index (κ1) is 13.9. The Labute approximate surface area is 108 Å². The maximum absolute atomic E-state index is 9.07. The Morgan fingerprint density at radius 2 is 2.06 bits per heavy atom. The van der Waals surface area contributed by atoms with E-state index in [1.54, 1.807) is 0 Å². The predicted molar refractivity (Wildman–Crippen MR) is 76.4 cm³/mol. The number of nitrogens with one attached hydrogen (secondary N) is 2. The number of aryl methyl sites for hydroxylation is 2. The minimum Gasteiger partial charge on any atom is -0.394 e. The fraction of sp³-hybridized carbons (Fsp3) is 0.462. The first-order valence-corrected chi connectivity index (χ1v) is 6.23. The SMILES string of the molecule is CC[C@H](CO)NC(=S)Nc1ccc(C)c(C)c1. The molecule has 1 atom stereocenters. The topological polar surface area (TPSA) is 44.3 Å². The average Bonchev–Trinajstić information content (AvgIpc) is 2.31. The van der Waals surface area contributed by atoms with Crippen molar-refractivity contribution >= 4 is 23.0 Å². The Morgan fingerprint density at radius 1 is 1.35 bits per heavy atom. The van der Waals surface area contributed by atoms with Crippen molar-refractivity contribution in [3.8, 4) is 0 Å². The van der Waals surface area contributed by atoms with E-state index in [4.69, 9.17) is 17.3 Å². The lowest BCUT2D eigenvalue weighted by Gasteiger charge is -2.17. The van der Waals surface area contributed by atoms with Crippen molar-refractivity contribution in [1.82, 2.24) is 5.32 Å². The number of aliphatic hydroxyl groups excluding tert-OH is 1. The Kier molecular flexibility index (Phi) is 5.38. The average molecular weight is 252 g/mol. The molecule has 0 aliphatic carbocycles. The van der Waals surface area contributed by atoms with Gasteiger partial charge in [-0.05, 0) is 55.7 Å². The number of rotatable bonds is 4. The van der Waals surface area contributed by atoms with Crippen LogP contribution in [0.2, 0.25) is 0 Å². The van der Waals surface area contributed by atoms with Gasteiger partial charge in [0, 0.05) is 5.69 Å². The van der Waals surface area contributed by atoms with Crippen molar-refractivity contribution in [2.24, 2.45) is 0 Å². The van der Waals surface area contributed by atoms with E-state index in [9.17, 15) is 0 Å². The first-order chi connectivity index (χ1) is 8.06. The minimum atomic E-state index is 0.0153. The van der Waals surface area contributed by atoms with E-state index in [-0.39, 0.29) is 12.6 Å². The fourth-order valence-corrected chi connectivity index (χ4v) is 1.73. The highest BCUT2D eigenvalue weighted by Gasteiger charge is 2.06. The van der Waals surface area contributed by atoms with E-state index in [0.717, 1.165) is 12.1 Å². The van der Waals surface area contributed by atoms with Gasteiger partial charge in [-0.1, -0.05) is 13.0 Å². The van der Waals surface area contributed by atoms with Gasteiger partial charge in [-0.2, -0.15) is 0 Å². The van der Waals surface area contributed by atoms with Crippen LogP contribution in [-0.4, -0.2) is 22.9 Å². The summed E-state index contributed by atoms with van der Waals surface area (Å²) in [6.07, 6.45) is 0.839. The fourth-order valence-electron chi connectivity index (χ4n) is 1.45. The van der Waals surface area contributed by atoms with Gasteiger partial charge in [-0.25, -0.2) is 0 Å². The van der Waals surface area contributed by atoms with Crippen molar-refractivity contribution in [2.75, 3.05) is 11.9 Å². The number of anilines is 1. The molecule has 0 aliphatic rings. The van der Waals surface area contributed by atoms with E-state index in [0.29, 0.717) is 5.11 Å². The first-order valence-electron chi connectivity index (χ1n) is 5.82. The van der Waals surface area contributed by atoms with Crippen molar-refractivity contribution in [2.45, 2.75) is 33.2 Å². The molecule has 4 heteroatoms. The highest BCUT2D eigenvalue weighted by molar-refractivity contribution is 7.80. The third-order valence-electron chi connectivity index (χ3n) is 2.81. The molecule has 3 N–H and O–H groups in total. The van der Waals surface area contributed by atoms with Crippen LogP contribution in [0.25, 0.3) is 0 Å². The summed E-state index contributed by atoms with van der Waals surface area (Å²) < 4.78 is 0.